The average Bonchev–Trinajstić information content (AvgIpc) is 3.16. The summed E-state index contributed by atoms with van der Waals surface area (Å²) in [5.74, 6) is -0.664. The summed E-state index contributed by atoms with van der Waals surface area (Å²) >= 11 is 1.20. The van der Waals surface area contributed by atoms with Crippen molar-refractivity contribution in [1.29, 1.82) is 0 Å². The molecule has 3 aromatic rings. The number of rotatable bonds is 8. The van der Waals surface area contributed by atoms with E-state index in [9.17, 15) is 14.4 Å². The van der Waals surface area contributed by atoms with Crippen LogP contribution >= 0.6 is 11.3 Å². The molecule has 1 atom stereocenters. The number of carbonyl (C=O) groups is 2. The van der Waals surface area contributed by atoms with E-state index < -0.39 is 24.6 Å². The van der Waals surface area contributed by atoms with Crippen LogP contribution in [-0.2, 0) is 14.3 Å². The van der Waals surface area contributed by atoms with Crippen LogP contribution in [0, 0.1) is 0 Å². The highest BCUT2D eigenvalue weighted by Gasteiger charge is 2.33. The molecular weight excluding hydrogens is 484 g/mol. The Hall–Kier alpha value is -4.18. The van der Waals surface area contributed by atoms with Gasteiger partial charge in [-0.3, -0.25) is 9.36 Å². The highest BCUT2D eigenvalue weighted by molar-refractivity contribution is 7.07. The van der Waals surface area contributed by atoms with Crippen molar-refractivity contribution in [2.75, 3.05) is 20.3 Å². The van der Waals surface area contributed by atoms with Crippen molar-refractivity contribution in [3.63, 3.8) is 0 Å². The van der Waals surface area contributed by atoms with Gasteiger partial charge in [-0.05, 0) is 55.3 Å². The molecule has 2 aromatic carbocycles. The van der Waals surface area contributed by atoms with E-state index in [1.807, 2.05) is 6.07 Å². The molecule has 0 unspecified atom stereocenters. The van der Waals surface area contributed by atoms with Gasteiger partial charge in [0, 0.05) is 0 Å². The second-order valence-corrected chi connectivity index (χ2v) is 8.84. The third-order valence-electron chi connectivity index (χ3n) is 5.44. The Bertz CT molecular complexity index is 1530. The summed E-state index contributed by atoms with van der Waals surface area (Å²) in [6.45, 7) is 3.16. The van der Waals surface area contributed by atoms with E-state index in [4.69, 9.17) is 19.3 Å². The van der Waals surface area contributed by atoms with E-state index in [2.05, 4.69) is 4.99 Å². The van der Waals surface area contributed by atoms with Crippen molar-refractivity contribution in [2.24, 2.45) is 4.99 Å². The fraction of sp³-hybridized carbons (Fsp3) is 0.231. The number of esters is 1. The molecule has 0 spiro atoms. The summed E-state index contributed by atoms with van der Waals surface area (Å²) in [7, 11) is 1.55. The molecule has 1 aliphatic heterocycles. The predicted octanol–water partition coefficient (Wildman–Crippen LogP) is 2.27. The van der Waals surface area contributed by atoms with Crippen LogP contribution < -0.4 is 24.4 Å². The second-order valence-electron chi connectivity index (χ2n) is 7.83. The number of hydrogen-bond acceptors (Lipinski definition) is 8. The van der Waals surface area contributed by atoms with E-state index in [1.165, 1.54) is 15.9 Å². The number of aliphatic carboxylic acids is 1. The normalized spacial score (nSPS) is 15.2. The lowest BCUT2D eigenvalue weighted by Gasteiger charge is -2.25. The van der Waals surface area contributed by atoms with Crippen LogP contribution in [0.3, 0.4) is 0 Å². The number of hydrogen-bond donors (Lipinski definition) is 1. The van der Waals surface area contributed by atoms with Crippen LogP contribution in [0.15, 0.2) is 69.6 Å². The number of nitrogens with zero attached hydrogens (tertiary/aromatic N) is 2. The molecule has 0 saturated heterocycles. The molecule has 36 heavy (non-hydrogen) atoms. The SMILES string of the molecule is CCOC(=O)C1=C(C)N=c2s/c(=C\c3cccc(OCC(=O)O)c3)c(=O)n2[C@H]1c1cccc(OC)c1. The van der Waals surface area contributed by atoms with Crippen molar-refractivity contribution >= 4 is 29.4 Å². The van der Waals surface area contributed by atoms with E-state index >= 15 is 0 Å². The molecule has 0 fully saturated rings. The van der Waals surface area contributed by atoms with Crippen molar-refractivity contribution in [3.05, 3.63) is 90.6 Å². The number of benzene rings is 2. The molecule has 0 radical (unpaired) electrons. The average molecular weight is 509 g/mol. The maximum absolute atomic E-state index is 13.7. The second kappa shape index (κ2) is 10.6. The van der Waals surface area contributed by atoms with Gasteiger partial charge in [-0.2, -0.15) is 0 Å². The molecule has 10 heteroatoms. The maximum Gasteiger partial charge on any atom is 0.341 e. The van der Waals surface area contributed by atoms with E-state index in [1.54, 1.807) is 69.5 Å². The van der Waals surface area contributed by atoms with Crippen LogP contribution in [0.5, 0.6) is 11.5 Å². The summed E-state index contributed by atoms with van der Waals surface area (Å²) in [5.41, 5.74) is 1.77. The zero-order chi connectivity index (χ0) is 25.8. The molecule has 9 nitrogen and oxygen atoms in total. The van der Waals surface area contributed by atoms with Gasteiger partial charge in [0.1, 0.15) is 11.5 Å². The molecule has 2 heterocycles. The lowest BCUT2D eigenvalue weighted by molar-refractivity contribution is -0.140. The monoisotopic (exact) mass is 508 g/mol. The number of carbonyl (C=O) groups excluding carboxylic acids is 1. The standard InChI is InChI=1S/C26H24N2O7S/c1-4-34-25(32)22-15(2)27-26-28(23(22)17-8-6-9-18(13-17)33-3)24(31)20(36-26)12-16-7-5-10-19(11-16)35-14-21(29)30/h5-13,23H,4,14H2,1-3H3,(H,29,30)/b20-12-/t23-/m0/s1. The zero-order valence-corrected chi connectivity index (χ0v) is 20.7. The number of thiazole rings is 1. The highest BCUT2D eigenvalue weighted by Crippen LogP contribution is 2.32. The molecule has 0 amide bonds. The van der Waals surface area contributed by atoms with Gasteiger partial charge in [0.2, 0.25) is 0 Å². The summed E-state index contributed by atoms with van der Waals surface area (Å²) in [4.78, 5) is 42.4. The summed E-state index contributed by atoms with van der Waals surface area (Å²) < 4.78 is 17.8. The van der Waals surface area contributed by atoms with Gasteiger partial charge in [0.15, 0.2) is 11.4 Å². The number of carboxylic acid groups (broad SMARTS) is 1. The fourth-order valence-corrected chi connectivity index (χ4v) is 4.96. The van der Waals surface area contributed by atoms with E-state index in [0.717, 1.165) is 0 Å². The quantitative estimate of drug-likeness (QED) is 0.464. The number of carboxylic acids is 1. The molecule has 1 N–H and O–H groups in total. The van der Waals surface area contributed by atoms with Gasteiger partial charge in [-0.1, -0.05) is 35.6 Å². The minimum Gasteiger partial charge on any atom is -0.497 e. The number of fused-ring (bicyclic) bond motifs is 1. The van der Waals surface area contributed by atoms with Crippen LogP contribution in [0.1, 0.15) is 31.0 Å². The molecule has 0 bridgehead atoms. The van der Waals surface area contributed by atoms with Gasteiger partial charge in [0.25, 0.3) is 5.56 Å². The van der Waals surface area contributed by atoms with E-state index in [0.29, 0.717) is 37.7 Å². The van der Waals surface area contributed by atoms with Crippen LogP contribution in [0.4, 0.5) is 0 Å². The first-order valence-corrected chi connectivity index (χ1v) is 11.9. The zero-order valence-electron chi connectivity index (χ0n) is 19.9. The Labute approximate surface area is 210 Å². The third-order valence-corrected chi connectivity index (χ3v) is 6.43. The van der Waals surface area contributed by atoms with Crippen molar-refractivity contribution in [2.45, 2.75) is 19.9 Å². The van der Waals surface area contributed by atoms with Gasteiger partial charge in [-0.25, -0.2) is 14.6 Å². The Morgan fingerprint density at radius 1 is 1.17 bits per heavy atom. The Morgan fingerprint density at radius 2 is 1.92 bits per heavy atom. The van der Waals surface area contributed by atoms with Gasteiger partial charge < -0.3 is 19.3 Å². The summed E-state index contributed by atoms with van der Waals surface area (Å²) in [6.07, 6.45) is 1.68. The first-order valence-electron chi connectivity index (χ1n) is 11.1. The van der Waals surface area contributed by atoms with Gasteiger partial charge >= 0.3 is 11.9 Å². The maximum atomic E-state index is 13.7. The van der Waals surface area contributed by atoms with Crippen LogP contribution in [0.25, 0.3) is 6.08 Å². The Kier molecular flexibility index (Phi) is 7.35. The molecular formula is C26H24N2O7S. The lowest BCUT2D eigenvalue weighted by Crippen LogP contribution is -2.39. The summed E-state index contributed by atoms with van der Waals surface area (Å²) in [5, 5.41) is 8.85. The minimum atomic E-state index is -1.08. The molecule has 0 aliphatic carbocycles. The first kappa shape index (κ1) is 24.9. The van der Waals surface area contributed by atoms with Crippen LogP contribution in [0.2, 0.25) is 0 Å². The Morgan fingerprint density at radius 3 is 2.64 bits per heavy atom. The molecule has 0 saturated carbocycles. The number of allylic oxidation sites excluding steroid dienone is 1. The van der Waals surface area contributed by atoms with E-state index in [-0.39, 0.29) is 17.7 Å². The molecule has 186 valence electrons. The molecule has 4 rings (SSSR count). The van der Waals surface area contributed by atoms with Crippen molar-refractivity contribution in [3.8, 4) is 11.5 Å². The topological polar surface area (TPSA) is 116 Å². The number of methoxy groups -OCH3 is 1. The van der Waals surface area contributed by atoms with Gasteiger partial charge in [0.05, 0.1) is 35.6 Å². The Balaban J connectivity index is 1.87. The molecule has 1 aromatic heterocycles. The highest BCUT2D eigenvalue weighted by atomic mass is 32.1. The minimum absolute atomic E-state index is 0.186. The van der Waals surface area contributed by atoms with Crippen molar-refractivity contribution in [1.82, 2.24) is 4.57 Å². The smallest absolute Gasteiger partial charge is 0.341 e. The molecule has 1 aliphatic rings. The predicted molar refractivity (Wildman–Crippen MR) is 133 cm³/mol. The van der Waals surface area contributed by atoms with Crippen LogP contribution in [-0.4, -0.2) is 41.9 Å². The van der Waals surface area contributed by atoms with Gasteiger partial charge in [-0.15, -0.1) is 0 Å². The fourth-order valence-electron chi connectivity index (χ4n) is 3.91. The number of ether oxygens (including phenoxy) is 3. The first-order chi connectivity index (χ1) is 17.3. The number of aromatic nitrogens is 1. The third kappa shape index (κ3) is 5.08. The summed E-state index contributed by atoms with van der Waals surface area (Å²) in [6, 6.07) is 13.2. The van der Waals surface area contributed by atoms with Crippen molar-refractivity contribution < 1.29 is 28.9 Å². The lowest BCUT2D eigenvalue weighted by atomic mass is 9.95. The largest absolute Gasteiger partial charge is 0.497 e.